The zero-order valence-corrected chi connectivity index (χ0v) is 20.2. The van der Waals surface area contributed by atoms with Gasteiger partial charge in [0, 0.05) is 19.5 Å². The first-order chi connectivity index (χ1) is 14.3. The second-order valence-electron chi connectivity index (χ2n) is 7.83. The molecule has 1 aliphatic carbocycles. The van der Waals surface area contributed by atoms with Crippen LogP contribution in [0.5, 0.6) is 0 Å². The van der Waals surface area contributed by atoms with E-state index in [4.69, 9.17) is 11.6 Å². The monoisotopic (exact) mass is 548 g/mol. The average molecular weight is 551 g/mol. The van der Waals surface area contributed by atoms with Gasteiger partial charge in [0.25, 0.3) is 0 Å². The summed E-state index contributed by atoms with van der Waals surface area (Å²) >= 11 is 13.7. The van der Waals surface area contributed by atoms with Gasteiger partial charge in [0.15, 0.2) is 0 Å². The molecule has 0 bridgehead atoms. The molecule has 0 saturated carbocycles. The van der Waals surface area contributed by atoms with Gasteiger partial charge in [-0.15, -0.1) is 0 Å². The number of benzene rings is 3. The molecule has 0 heterocycles. The maximum atomic E-state index is 13.7. The van der Waals surface area contributed by atoms with Crippen molar-refractivity contribution in [3.8, 4) is 0 Å². The highest BCUT2D eigenvalue weighted by atomic mass is 79.9. The second-order valence-corrected chi connectivity index (χ2v) is 9.94. The highest BCUT2D eigenvalue weighted by Crippen LogP contribution is 2.49. The van der Waals surface area contributed by atoms with Crippen molar-refractivity contribution in [1.29, 1.82) is 0 Å². The standard InChI is InChI=1S/C25H20Br2ClFO/c1-15-6-8-19(22(26)10-15)16-11-17(20-9-7-18(29)12-23(20)27)14-25(30,13-16)21-4-2-3-5-24(21)28/h2-10,12,14,16,30H,11,13H2,1H3. The molecule has 0 aliphatic heterocycles. The van der Waals surface area contributed by atoms with E-state index >= 15 is 0 Å². The van der Waals surface area contributed by atoms with Gasteiger partial charge >= 0.3 is 0 Å². The fraction of sp³-hybridized carbons (Fsp3) is 0.200. The van der Waals surface area contributed by atoms with Gasteiger partial charge in [0.05, 0.1) is 0 Å². The van der Waals surface area contributed by atoms with Crippen molar-refractivity contribution in [2.45, 2.75) is 31.3 Å². The Morgan fingerprint density at radius 2 is 1.80 bits per heavy atom. The molecule has 0 amide bonds. The fourth-order valence-electron chi connectivity index (χ4n) is 4.24. The van der Waals surface area contributed by atoms with Crippen LogP contribution in [0.3, 0.4) is 0 Å². The molecule has 4 rings (SSSR count). The predicted molar refractivity (Wildman–Crippen MR) is 128 cm³/mol. The van der Waals surface area contributed by atoms with E-state index in [1.54, 1.807) is 12.1 Å². The lowest BCUT2D eigenvalue weighted by Crippen LogP contribution is -2.30. The Labute approximate surface area is 197 Å². The summed E-state index contributed by atoms with van der Waals surface area (Å²) in [7, 11) is 0. The van der Waals surface area contributed by atoms with Crippen molar-refractivity contribution in [1.82, 2.24) is 0 Å². The fourth-order valence-corrected chi connectivity index (χ4v) is 5.96. The molecule has 3 aromatic rings. The van der Waals surface area contributed by atoms with E-state index in [-0.39, 0.29) is 11.7 Å². The van der Waals surface area contributed by atoms with Crippen LogP contribution in [0.2, 0.25) is 5.02 Å². The summed E-state index contributed by atoms with van der Waals surface area (Å²) in [5, 5.41) is 12.3. The molecular formula is C25H20Br2ClFO. The van der Waals surface area contributed by atoms with Gasteiger partial charge in [0.2, 0.25) is 0 Å². The molecule has 30 heavy (non-hydrogen) atoms. The summed E-state index contributed by atoms with van der Waals surface area (Å²) in [6, 6.07) is 18.3. The van der Waals surface area contributed by atoms with Crippen LogP contribution >= 0.6 is 43.5 Å². The van der Waals surface area contributed by atoms with Crippen LogP contribution in [0.4, 0.5) is 4.39 Å². The van der Waals surface area contributed by atoms with E-state index < -0.39 is 5.60 Å². The Bertz CT molecular complexity index is 1140. The topological polar surface area (TPSA) is 20.2 Å². The third kappa shape index (κ3) is 4.29. The Balaban J connectivity index is 1.87. The van der Waals surface area contributed by atoms with Crippen LogP contribution in [0, 0.1) is 12.7 Å². The third-order valence-corrected chi connectivity index (χ3v) is 7.32. The van der Waals surface area contributed by atoms with E-state index in [1.165, 1.54) is 17.7 Å². The number of rotatable bonds is 3. The summed E-state index contributed by atoms with van der Waals surface area (Å²) < 4.78 is 15.4. The number of halogens is 4. The van der Waals surface area contributed by atoms with Gasteiger partial charge in [-0.1, -0.05) is 79.9 Å². The zero-order chi connectivity index (χ0) is 21.5. The number of hydrogen-bond donors (Lipinski definition) is 1. The zero-order valence-electron chi connectivity index (χ0n) is 16.3. The van der Waals surface area contributed by atoms with E-state index in [0.29, 0.717) is 21.5 Å². The van der Waals surface area contributed by atoms with Gasteiger partial charge in [-0.25, -0.2) is 4.39 Å². The number of allylic oxidation sites excluding steroid dienone is 1. The third-order valence-electron chi connectivity index (χ3n) is 5.65. The molecule has 0 saturated heterocycles. The maximum Gasteiger partial charge on any atom is 0.124 e. The minimum atomic E-state index is -1.24. The Morgan fingerprint density at radius 3 is 2.50 bits per heavy atom. The summed E-state index contributed by atoms with van der Waals surface area (Å²) in [6.07, 6.45) is 3.10. The van der Waals surface area contributed by atoms with Crippen molar-refractivity contribution < 1.29 is 9.50 Å². The minimum Gasteiger partial charge on any atom is -0.381 e. The summed E-state index contributed by atoms with van der Waals surface area (Å²) in [6.45, 7) is 2.05. The van der Waals surface area contributed by atoms with Crippen molar-refractivity contribution >= 4 is 49.0 Å². The first kappa shape index (κ1) is 21.8. The van der Waals surface area contributed by atoms with Crippen LogP contribution in [0.25, 0.3) is 5.57 Å². The van der Waals surface area contributed by atoms with Crippen molar-refractivity contribution in [2.75, 3.05) is 0 Å². The molecule has 3 aromatic carbocycles. The van der Waals surface area contributed by atoms with Gasteiger partial charge in [-0.2, -0.15) is 0 Å². The van der Waals surface area contributed by atoms with Crippen molar-refractivity contribution in [3.05, 3.63) is 109 Å². The Morgan fingerprint density at radius 1 is 1.03 bits per heavy atom. The second kappa shape index (κ2) is 8.58. The average Bonchev–Trinajstić information content (AvgIpc) is 2.67. The molecule has 1 aliphatic rings. The SMILES string of the molecule is Cc1ccc(C2CC(c3ccc(F)cc3Br)=CC(O)(c3ccccc3Cl)C2)c(Br)c1. The van der Waals surface area contributed by atoms with Gasteiger partial charge < -0.3 is 5.11 Å². The molecule has 154 valence electrons. The van der Waals surface area contributed by atoms with E-state index in [1.807, 2.05) is 24.3 Å². The molecule has 0 radical (unpaired) electrons. The number of aliphatic hydroxyl groups is 1. The molecule has 0 spiro atoms. The highest BCUT2D eigenvalue weighted by Gasteiger charge is 2.38. The summed E-state index contributed by atoms with van der Waals surface area (Å²) in [4.78, 5) is 0. The molecular weight excluding hydrogens is 531 g/mol. The lowest BCUT2D eigenvalue weighted by atomic mass is 9.72. The van der Waals surface area contributed by atoms with Crippen LogP contribution in [-0.2, 0) is 5.60 Å². The first-order valence-electron chi connectivity index (χ1n) is 9.67. The van der Waals surface area contributed by atoms with Gasteiger partial charge in [-0.3, -0.25) is 0 Å². The van der Waals surface area contributed by atoms with Crippen LogP contribution in [-0.4, -0.2) is 5.11 Å². The predicted octanol–water partition coefficient (Wildman–Crippen LogP) is 8.16. The Hall–Kier alpha value is -1.46. The van der Waals surface area contributed by atoms with Crippen LogP contribution in [0.1, 0.15) is 41.0 Å². The van der Waals surface area contributed by atoms with Crippen LogP contribution in [0.15, 0.2) is 75.7 Å². The van der Waals surface area contributed by atoms with E-state index in [2.05, 4.69) is 57.0 Å². The van der Waals surface area contributed by atoms with E-state index in [0.717, 1.165) is 27.6 Å². The Kier molecular flexibility index (Phi) is 6.23. The lowest BCUT2D eigenvalue weighted by molar-refractivity contribution is 0.0672. The summed E-state index contributed by atoms with van der Waals surface area (Å²) in [5.74, 6) is -0.251. The lowest BCUT2D eigenvalue weighted by Gasteiger charge is -2.37. The highest BCUT2D eigenvalue weighted by molar-refractivity contribution is 9.10. The molecule has 1 nitrogen and oxygen atoms in total. The number of hydrogen-bond acceptors (Lipinski definition) is 1. The van der Waals surface area contributed by atoms with Gasteiger partial charge in [-0.05, 0) is 78.3 Å². The molecule has 0 fully saturated rings. The molecule has 1 N–H and O–H groups in total. The molecule has 2 atom stereocenters. The molecule has 5 heteroatoms. The smallest absolute Gasteiger partial charge is 0.124 e. The molecule has 2 unspecified atom stereocenters. The maximum absolute atomic E-state index is 13.7. The van der Waals surface area contributed by atoms with Crippen molar-refractivity contribution in [3.63, 3.8) is 0 Å². The van der Waals surface area contributed by atoms with Crippen molar-refractivity contribution in [2.24, 2.45) is 0 Å². The normalized spacial score (nSPS) is 21.4. The quantitative estimate of drug-likeness (QED) is 0.349. The van der Waals surface area contributed by atoms with Crippen LogP contribution < -0.4 is 0 Å². The molecule has 0 aromatic heterocycles. The number of aryl methyl sites for hydroxylation is 1. The van der Waals surface area contributed by atoms with Gasteiger partial charge in [0.1, 0.15) is 11.4 Å². The minimum absolute atomic E-state index is 0.0539. The largest absolute Gasteiger partial charge is 0.381 e. The van der Waals surface area contributed by atoms with E-state index in [9.17, 15) is 9.50 Å². The summed E-state index contributed by atoms with van der Waals surface area (Å²) in [5.41, 5.74) is 3.56. The first-order valence-corrected chi connectivity index (χ1v) is 11.6.